The summed E-state index contributed by atoms with van der Waals surface area (Å²) in [5, 5.41) is 1.13. The number of nitrogens with one attached hydrogen (secondary N) is 1. The van der Waals surface area contributed by atoms with Crippen molar-refractivity contribution in [2.24, 2.45) is 17.3 Å². The van der Waals surface area contributed by atoms with Gasteiger partial charge in [0.2, 0.25) is 0 Å². The van der Waals surface area contributed by atoms with E-state index in [2.05, 4.69) is 5.32 Å². The predicted octanol–water partition coefficient (Wildman–Crippen LogP) is 5.35. The van der Waals surface area contributed by atoms with Gasteiger partial charge in [-0.2, -0.15) is 13.2 Å². The summed E-state index contributed by atoms with van der Waals surface area (Å²) in [6, 6.07) is 0. The van der Waals surface area contributed by atoms with Crippen molar-refractivity contribution in [3.8, 4) is 0 Å². The second-order valence-electron chi connectivity index (χ2n) is 7.44. The van der Waals surface area contributed by atoms with Gasteiger partial charge < -0.3 is 10.1 Å². The van der Waals surface area contributed by atoms with Crippen molar-refractivity contribution in [1.82, 2.24) is 5.32 Å². The summed E-state index contributed by atoms with van der Waals surface area (Å²) in [7, 11) is 0. The van der Waals surface area contributed by atoms with Crippen molar-refractivity contribution in [3.05, 3.63) is 45.5 Å². The number of benzene rings is 1. The molecular weight excluding hydrogens is 443 g/mol. The van der Waals surface area contributed by atoms with E-state index in [-0.39, 0.29) is 0 Å². The van der Waals surface area contributed by atoms with Gasteiger partial charge in [0, 0.05) is 12.1 Å². The maximum absolute atomic E-state index is 14.2. The van der Waals surface area contributed by atoms with Gasteiger partial charge in [0.25, 0.3) is 0 Å². The van der Waals surface area contributed by atoms with Gasteiger partial charge in [-0.05, 0) is 17.9 Å². The Labute approximate surface area is 173 Å². The molecule has 3 nitrogen and oxygen atoms in total. The minimum absolute atomic E-state index is 0.298. The van der Waals surface area contributed by atoms with Crippen LogP contribution >= 0.6 is 11.6 Å². The zero-order valence-electron chi connectivity index (χ0n) is 16.2. The van der Waals surface area contributed by atoms with E-state index in [4.69, 9.17) is 16.3 Å². The van der Waals surface area contributed by atoms with Crippen molar-refractivity contribution in [2.75, 3.05) is 6.54 Å². The zero-order chi connectivity index (χ0) is 23.0. The molecule has 11 heteroatoms. The third-order valence-electron chi connectivity index (χ3n) is 5.12. The number of ether oxygens (including phenoxy) is 1. The number of esters is 1. The lowest BCUT2D eigenvalue weighted by Crippen LogP contribution is -2.19. The molecule has 0 heterocycles. The highest BCUT2D eigenvalue weighted by Gasteiger charge is 2.62. The SMILES string of the molecule is CCNCc1c(F)c(F)c(COC(=O)C2C(C=C(Cl)C(F)(F)F)C2(C)C)c(F)c1F. The molecule has 1 aliphatic carbocycles. The molecule has 2 unspecified atom stereocenters. The number of hydrogen-bond acceptors (Lipinski definition) is 3. The van der Waals surface area contributed by atoms with Gasteiger partial charge >= 0.3 is 12.1 Å². The minimum Gasteiger partial charge on any atom is -0.460 e. The van der Waals surface area contributed by atoms with Crippen LogP contribution in [0.1, 0.15) is 31.9 Å². The van der Waals surface area contributed by atoms with Gasteiger partial charge in [0.1, 0.15) is 11.6 Å². The second-order valence-corrected chi connectivity index (χ2v) is 7.85. The van der Waals surface area contributed by atoms with Crippen LogP contribution in [0.2, 0.25) is 0 Å². The van der Waals surface area contributed by atoms with Gasteiger partial charge in [-0.15, -0.1) is 0 Å². The Hall–Kier alpha value is -1.81. The molecule has 0 amide bonds. The van der Waals surface area contributed by atoms with E-state index in [1.807, 2.05) is 0 Å². The molecule has 0 aromatic heterocycles. The molecule has 30 heavy (non-hydrogen) atoms. The fourth-order valence-electron chi connectivity index (χ4n) is 3.18. The largest absolute Gasteiger partial charge is 0.460 e. The first-order chi connectivity index (χ1) is 13.7. The Morgan fingerprint density at radius 3 is 2.07 bits per heavy atom. The summed E-state index contributed by atoms with van der Waals surface area (Å²) in [4.78, 5) is 12.2. The highest BCUT2D eigenvalue weighted by Crippen LogP contribution is 2.60. The van der Waals surface area contributed by atoms with Crippen LogP contribution in [0.3, 0.4) is 0 Å². The van der Waals surface area contributed by atoms with Crippen molar-refractivity contribution in [1.29, 1.82) is 0 Å². The Kier molecular flexibility index (Phi) is 7.13. The Balaban J connectivity index is 2.17. The minimum atomic E-state index is -4.79. The summed E-state index contributed by atoms with van der Waals surface area (Å²) in [6.07, 6.45) is -4.12. The number of rotatable bonds is 7. The fourth-order valence-corrected chi connectivity index (χ4v) is 3.31. The van der Waals surface area contributed by atoms with E-state index in [9.17, 15) is 35.5 Å². The Bertz CT molecular complexity index is 838. The van der Waals surface area contributed by atoms with Crippen LogP contribution in [0, 0.1) is 40.5 Å². The third-order valence-corrected chi connectivity index (χ3v) is 5.46. The number of halogens is 8. The van der Waals surface area contributed by atoms with Crippen LogP contribution in [0.15, 0.2) is 11.1 Å². The summed E-state index contributed by atoms with van der Waals surface area (Å²) in [5.74, 6) is -9.71. The van der Waals surface area contributed by atoms with Crippen LogP contribution in [0.25, 0.3) is 0 Å². The highest BCUT2D eigenvalue weighted by molar-refractivity contribution is 6.30. The number of carbonyl (C=O) groups is 1. The first kappa shape index (κ1) is 24.5. The van der Waals surface area contributed by atoms with Crippen LogP contribution in [0.4, 0.5) is 30.7 Å². The van der Waals surface area contributed by atoms with Gasteiger partial charge in [-0.1, -0.05) is 38.4 Å². The molecule has 1 aliphatic rings. The molecule has 0 saturated heterocycles. The van der Waals surface area contributed by atoms with Gasteiger partial charge in [0.05, 0.1) is 11.5 Å². The molecule has 1 saturated carbocycles. The first-order valence-electron chi connectivity index (χ1n) is 8.90. The smallest absolute Gasteiger partial charge is 0.426 e. The highest BCUT2D eigenvalue weighted by atomic mass is 35.5. The lowest BCUT2D eigenvalue weighted by atomic mass is 10.1. The molecule has 0 bridgehead atoms. The predicted molar refractivity (Wildman–Crippen MR) is 94.2 cm³/mol. The molecule has 1 N–H and O–H groups in total. The standard InChI is InChI=1S/C19H19ClF7NO2/c1-4-28-6-8-13(21)15(23)9(16(24)14(8)22)7-30-17(29)12-10(18(12,2)3)5-11(20)19(25,26)27/h5,10,12,28H,4,6-7H2,1-3H3. The molecule has 1 aromatic carbocycles. The average Bonchev–Trinajstić information content (AvgIpc) is 3.19. The summed E-state index contributed by atoms with van der Waals surface area (Å²) in [5.41, 5.74) is -2.92. The zero-order valence-corrected chi connectivity index (χ0v) is 16.9. The third kappa shape index (κ3) is 4.74. The molecule has 2 atom stereocenters. The van der Waals surface area contributed by atoms with E-state index in [0.717, 1.165) is 0 Å². The molecule has 0 radical (unpaired) electrons. The second kappa shape index (κ2) is 8.74. The molecule has 168 valence electrons. The number of carbonyl (C=O) groups excluding carboxylic acids is 1. The molecule has 2 rings (SSSR count). The van der Waals surface area contributed by atoms with E-state index in [0.29, 0.717) is 12.6 Å². The summed E-state index contributed by atoms with van der Waals surface area (Å²) < 4.78 is 99.0. The van der Waals surface area contributed by atoms with Crippen LogP contribution in [-0.2, 0) is 22.7 Å². The topological polar surface area (TPSA) is 38.3 Å². The summed E-state index contributed by atoms with van der Waals surface area (Å²) >= 11 is 5.19. The number of alkyl halides is 3. The lowest BCUT2D eigenvalue weighted by molar-refractivity contribution is -0.147. The van der Waals surface area contributed by atoms with E-state index in [1.54, 1.807) is 6.92 Å². The fraction of sp³-hybridized carbons (Fsp3) is 0.526. The Morgan fingerprint density at radius 2 is 1.60 bits per heavy atom. The van der Waals surface area contributed by atoms with Crippen LogP contribution < -0.4 is 5.32 Å². The first-order valence-corrected chi connectivity index (χ1v) is 9.28. The molecule has 0 aliphatic heterocycles. The molecule has 1 aromatic rings. The molecular formula is C19H19ClF7NO2. The molecule has 1 fully saturated rings. The molecule has 0 spiro atoms. The van der Waals surface area contributed by atoms with E-state index < -0.39 is 82.0 Å². The number of allylic oxidation sites excluding steroid dienone is 2. The normalized spacial score (nSPS) is 21.0. The number of hydrogen-bond donors (Lipinski definition) is 1. The monoisotopic (exact) mass is 461 g/mol. The van der Waals surface area contributed by atoms with Gasteiger partial charge in [0.15, 0.2) is 23.3 Å². The van der Waals surface area contributed by atoms with E-state index >= 15 is 0 Å². The van der Waals surface area contributed by atoms with Crippen molar-refractivity contribution in [3.63, 3.8) is 0 Å². The van der Waals surface area contributed by atoms with Crippen molar-refractivity contribution < 1.29 is 40.3 Å². The lowest BCUT2D eigenvalue weighted by Gasteiger charge is -2.13. The van der Waals surface area contributed by atoms with Gasteiger partial charge in [-0.3, -0.25) is 4.79 Å². The van der Waals surface area contributed by atoms with E-state index in [1.165, 1.54) is 13.8 Å². The van der Waals surface area contributed by atoms with Crippen LogP contribution in [-0.4, -0.2) is 18.7 Å². The quantitative estimate of drug-likeness (QED) is 0.338. The maximum atomic E-state index is 14.2. The van der Waals surface area contributed by atoms with Crippen LogP contribution in [0.5, 0.6) is 0 Å². The summed E-state index contributed by atoms with van der Waals surface area (Å²) in [6.45, 7) is 3.31. The maximum Gasteiger partial charge on any atom is 0.426 e. The van der Waals surface area contributed by atoms with Crippen molar-refractivity contribution >= 4 is 17.6 Å². The van der Waals surface area contributed by atoms with Gasteiger partial charge in [-0.25, -0.2) is 17.6 Å². The average molecular weight is 462 g/mol. The Morgan fingerprint density at radius 1 is 1.10 bits per heavy atom. The van der Waals surface area contributed by atoms with Crippen molar-refractivity contribution in [2.45, 2.75) is 40.1 Å².